The Morgan fingerprint density at radius 3 is 2.35 bits per heavy atom. The Kier molecular flexibility index (Phi) is 7.65. The first-order chi connectivity index (χ1) is 17.6. The van der Waals surface area contributed by atoms with Crippen molar-refractivity contribution in [1.82, 2.24) is 4.31 Å². The van der Waals surface area contributed by atoms with E-state index in [0.29, 0.717) is 17.7 Å². The quantitative estimate of drug-likeness (QED) is 0.434. The lowest BCUT2D eigenvalue weighted by Gasteiger charge is -2.36. The molecule has 3 N–H and O–H groups in total. The number of hydrogen-bond acceptors (Lipinski definition) is 6. The highest BCUT2D eigenvalue weighted by Crippen LogP contribution is 2.36. The number of rotatable bonds is 8. The molecule has 0 spiro atoms. The standard InChI is InChI=1S/C26H24FN3O6S/c27-19-7-11-21(12-8-19)37(34,35)30-14-13-17-3-1-2-4-22(17)23(30)15-25(32)36-16-24(31)29-20-9-5-18(6-10-20)26(28)33/h1-12,23H,13-16H2,(H2,28,33)(H,29,31)/t23-/m0/s1. The van der Waals surface area contributed by atoms with Gasteiger partial charge in [0.15, 0.2) is 6.61 Å². The Morgan fingerprint density at radius 2 is 1.68 bits per heavy atom. The molecule has 0 saturated heterocycles. The maximum atomic E-state index is 13.4. The minimum Gasteiger partial charge on any atom is -0.456 e. The molecule has 0 aromatic heterocycles. The molecule has 0 bridgehead atoms. The maximum absolute atomic E-state index is 13.4. The van der Waals surface area contributed by atoms with Crippen molar-refractivity contribution >= 4 is 33.5 Å². The van der Waals surface area contributed by atoms with Gasteiger partial charge in [0.05, 0.1) is 17.4 Å². The molecule has 1 aliphatic heterocycles. The van der Waals surface area contributed by atoms with Crippen LogP contribution in [-0.4, -0.2) is 43.7 Å². The molecule has 2 amide bonds. The highest BCUT2D eigenvalue weighted by Gasteiger charge is 2.37. The molecule has 3 aromatic rings. The Morgan fingerprint density at radius 1 is 1.00 bits per heavy atom. The molecule has 192 valence electrons. The van der Waals surface area contributed by atoms with Crippen LogP contribution in [0.1, 0.15) is 33.9 Å². The number of amides is 2. The van der Waals surface area contributed by atoms with Crippen LogP contribution in [0.25, 0.3) is 0 Å². The molecular formula is C26H24FN3O6S. The summed E-state index contributed by atoms with van der Waals surface area (Å²) in [5.41, 5.74) is 7.41. The van der Waals surface area contributed by atoms with Gasteiger partial charge in [0.1, 0.15) is 5.82 Å². The van der Waals surface area contributed by atoms with E-state index in [-0.39, 0.29) is 23.4 Å². The highest BCUT2D eigenvalue weighted by molar-refractivity contribution is 7.89. The lowest BCUT2D eigenvalue weighted by molar-refractivity contribution is -0.148. The molecule has 11 heteroatoms. The van der Waals surface area contributed by atoms with Crippen LogP contribution in [0.15, 0.2) is 77.7 Å². The summed E-state index contributed by atoms with van der Waals surface area (Å²) in [5.74, 6) is -2.54. The first kappa shape index (κ1) is 26.0. The van der Waals surface area contributed by atoms with E-state index in [2.05, 4.69) is 5.32 Å². The van der Waals surface area contributed by atoms with Gasteiger partial charge in [0.25, 0.3) is 5.91 Å². The second kappa shape index (κ2) is 10.9. The number of benzene rings is 3. The Balaban J connectivity index is 1.46. The normalized spacial score (nSPS) is 15.4. The van der Waals surface area contributed by atoms with E-state index >= 15 is 0 Å². The SMILES string of the molecule is NC(=O)c1ccc(NC(=O)COC(=O)C[C@H]2c3ccccc3CCN2S(=O)(=O)c2ccc(F)cc2)cc1. The van der Waals surface area contributed by atoms with Crippen LogP contribution in [0.2, 0.25) is 0 Å². The van der Waals surface area contributed by atoms with Gasteiger partial charge in [0.2, 0.25) is 15.9 Å². The molecule has 3 aromatic carbocycles. The van der Waals surface area contributed by atoms with Gasteiger partial charge in [-0.1, -0.05) is 24.3 Å². The summed E-state index contributed by atoms with van der Waals surface area (Å²) in [6.45, 7) is -0.466. The van der Waals surface area contributed by atoms with Crippen LogP contribution in [0.3, 0.4) is 0 Å². The van der Waals surface area contributed by atoms with Gasteiger partial charge < -0.3 is 15.8 Å². The van der Waals surface area contributed by atoms with E-state index in [1.165, 1.54) is 40.7 Å². The van der Waals surface area contributed by atoms with E-state index in [9.17, 15) is 27.2 Å². The van der Waals surface area contributed by atoms with Crippen LogP contribution >= 0.6 is 0 Å². The molecular weight excluding hydrogens is 501 g/mol. The highest BCUT2D eigenvalue weighted by atomic mass is 32.2. The molecule has 1 heterocycles. The van der Waals surface area contributed by atoms with Crippen molar-refractivity contribution in [3.63, 3.8) is 0 Å². The molecule has 1 aliphatic rings. The summed E-state index contributed by atoms with van der Waals surface area (Å²) in [5, 5.41) is 2.54. The summed E-state index contributed by atoms with van der Waals surface area (Å²) in [4.78, 5) is 36.0. The molecule has 37 heavy (non-hydrogen) atoms. The number of esters is 1. The summed E-state index contributed by atoms with van der Waals surface area (Å²) in [6, 6.07) is 16.7. The largest absolute Gasteiger partial charge is 0.456 e. The predicted molar refractivity (Wildman–Crippen MR) is 132 cm³/mol. The molecule has 1 atom stereocenters. The summed E-state index contributed by atoms with van der Waals surface area (Å²) in [6.07, 6.45) is 0.122. The zero-order chi connectivity index (χ0) is 26.6. The fraction of sp³-hybridized carbons (Fsp3) is 0.192. The number of anilines is 1. The molecule has 0 fully saturated rings. The van der Waals surface area contributed by atoms with Crippen LogP contribution < -0.4 is 11.1 Å². The fourth-order valence-electron chi connectivity index (χ4n) is 4.15. The van der Waals surface area contributed by atoms with Crippen molar-refractivity contribution in [2.75, 3.05) is 18.5 Å². The Hall–Kier alpha value is -4.09. The van der Waals surface area contributed by atoms with E-state index in [0.717, 1.165) is 17.7 Å². The number of nitrogens with one attached hydrogen (secondary N) is 1. The minimum atomic E-state index is -4.05. The van der Waals surface area contributed by atoms with Crippen molar-refractivity contribution in [3.8, 4) is 0 Å². The zero-order valence-corrected chi connectivity index (χ0v) is 20.4. The van der Waals surface area contributed by atoms with Crippen molar-refractivity contribution in [2.24, 2.45) is 5.73 Å². The van der Waals surface area contributed by atoms with Gasteiger partial charge in [-0.15, -0.1) is 0 Å². The number of ether oxygens (including phenoxy) is 1. The van der Waals surface area contributed by atoms with E-state index in [1.807, 2.05) is 12.1 Å². The van der Waals surface area contributed by atoms with Gasteiger partial charge in [-0.3, -0.25) is 14.4 Å². The van der Waals surface area contributed by atoms with Crippen LogP contribution in [0.5, 0.6) is 0 Å². The number of carbonyl (C=O) groups excluding carboxylic acids is 3. The molecule has 0 aliphatic carbocycles. The van der Waals surface area contributed by atoms with Crippen molar-refractivity contribution < 1.29 is 31.9 Å². The third-order valence-electron chi connectivity index (χ3n) is 5.96. The van der Waals surface area contributed by atoms with Crippen LogP contribution in [-0.2, 0) is 30.8 Å². The summed E-state index contributed by atoms with van der Waals surface area (Å²) < 4.78 is 46.5. The number of fused-ring (bicyclic) bond motifs is 1. The summed E-state index contributed by atoms with van der Waals surface area (Å²) >= 11 is 0. The second-order valence-corrected chi connectivity index (χ2v) is 10.3. The van der Waals surface area contributed by atoms with E-state index < -0.39 is 46.3 Å². The van der Waals surface area contributed by atoms with Crippen LogP contribution in [0.4, 0.5) is 10.1 Å². The molecule has 0 radical (unpaired) electrons. The number of sulfonamides is 1. The molecule has 4 rings (SSSR count). The van der Waals surface area contributed by atoms with Gasteiger partial charge in [0, 0.05) is 17.8 Å². The van der Waals surface area contributed by atoms with Crippen molar-refractivity contribution in [2.45, 2.75) is 23.8 Å². The first-order valence-electron chi connectivity index (χ1n) is 11.4. The fourth-order valence-corrected chi connectivity index (χ4v) is 5.75. The third kappa shape index (κ3) is 6.01. The third-order valence-corrected chi connectivity index (χ3v) is 7.88. The molecule has 0 unspecified atom stereocenters. The van der Waals surface area contributed by atoms with Gasteiger partial charge in [-0.2, -0.15) is 4.31 Å². The minimum absolute atomic E-state index is 0.0895. The maximum Gasteiger partial charge on any atom is 0.308 e. The van der Waals surface area contributed by atoms with E-state index in [1.54, 1.807) is 12.1 Å². The second-order valence-electron chi connectivity index (χ2n) is 8.39. The lowest BCUT2D eigenvalue weighted by atomic mass is 9.92. The van der Waals surface area contributed by atoms with Gasteiger partial charge in [-0.05, 0) is 66.1 Å². The Labute approximate surface area is 213 Å². The van der Waals surface area contributed by atoms with Gasteiger partial charge in [-0.25, -0.2) is 12.8 Å². The smallest absolute Gasteiger partial charge is 0.308 e. The lowest BCUT2D eigenvalue weighted by Crippen LogP contribution is -2.41. The molecule has 9 nitrogen and oxygen atoms in total. The molecule has 0 saturated carbocycles. The number of nitrogens with zero attached hydrogens (tertiary/aromatic N) is 1. The predicted octanol–water partition coefficient (Wildman–Crippen LogP) is 2.78. The van der Waals surface area contributed by atoms with Gasteiger partial charge >= 0.3 is 5.97 Å². The van der Waals surface area contributed by atoms with Crippen molar-refractivity contribution in [1.29, 1.82) is 0 Å². The first-order valence-corrected chi connectivity index (χ1v) is 12.8. The number of hydrogen-bond donors (Lipinski definition) is 2. The number of primary amides is 1. The Bertz CT molecular complexity index is 1430. The number of halogens is 1. The average Bonchev–Trinajstić information content (AvgIpc) is 2.88. The summed E-state index contributed by atoms with van der Waals surface area (Å²) in [7, 11) is -4.05. The zero-order valence-electron chi connectivity index (χ0n) is 19.6. The van der Waals surface area contributed by atoms with Crippen LogP contribution in [0, 0.1) is 5.82 Å². The van der Waals surface area contributed by atoms with Crippen molar-refractivity contribution in [3.05, 3.63) is 95.3 Å². The monoisotopic (exact) mass is 525 g/mol. The average molecular weight is 526 g/mol. The van der Waals surface area contributed by atoms with E-state index in [4.69, 9.17) is 10.5 Å². The number of carbonyl (C=O) groups is 3. The number of nitrogens with two attached hydrogens (primary N) is 1. The topological polar surface area (TPSA) is 136 Å².